The number of rotatable bonds is 6. The number of furan rings is 1. The Labute approximate surface area is 178 Å². The minimum Gasteiger partial charge on any atom is -0.486 e. The summed E-state index contributed by atoms with van der Waals surface area (Å²) in [6, 6.07) is 14.7. The molecule has 0 aliphatic rings. The number of aryl methyl sites for hydroxylation is 1. The lowest BCUT2D eigenvalue weighted by Crippen LogP contribution is -2.13. The van der Waals surface area contributed by atoms with Crippen LogP contribution in [-0.2, 0) is 6.61 Å². The Kier molecular flexibility index (Phi) is 5.57. The number of ether oxygens (including phenoxy) is 1. The van der Waals surface area contributed by atoms with Gasteiger partial charge >= 0.3 is 0 Å². The van der Waals surface area contributed by atoms with Crippen LogP contribution < -0.4 is 10.1 Å². The number of tetrazole rings is 1. The summed E-state index contributed by atoms with van der Waals surface area (Å²) >= 11 is 3.37. The first-order chi connectivity index (χ1) is 14.5. The zero-order valence-corrected chi connectivity index (χ0v) is 17.3. The van der Waals surface area contributed by atoms with Crippen LogP contribution in [0.1, 0.15) is 22.1 Å². The molecule has 4 rings (SSSR count). The van der Waals surface area contributed by atoms with Gasteiger partial charge < -0.3 is 14.5 Å². The molecule has 30 heavy (non-hydrogen) atoms. The lowest BCUT2D eigenvalue weighted by Gasteiger charge is -2.08. The van der Waals surface area contributed by atoms with Gasteiger partial charge in [-0.05, 0) is 65.9 Å². The van der Waals surface area contributed by atoms with Crippen LogP contribution in [0, 0.1) is 12.7 Å². The topological polar surface area (TPSA) is 95.1 Å². The molecular weight excluding hydrogens is 457 g/mol. The van der Waals surface area contributed by atoms with Crippen molar-refractivity contribution in [3.8, 4) is 11.4 Å². The van der Waals surface area contributed by atoms with E-state index in [4.69, 9.17) is 9.15 Å². The van der Waals surface area contributed by atoms with Crippen LogP contribution >= 0.6 is 15.9 Å². The van der Waals surface area contributed by atoms with Crippen LogP contribution in [-0.4, -0.2) is 26.1 Å². The summed E-state index contributed by atoms with van der Waals surface area (Å²) in [4.78, 5) is 12.5. The number of hydrogen-bond acceptors (Lipinski definition) is 6. The van der Waals surface area contributed by atoms with Crippen LogP contribution in [0.3, 0.4) is 0 Å². The first-order valence-corrected chi connectivity index (χ1v) is 9.62. The average molecular weight is 472 g/mol. The molecule has 0 saturated carbocycles. The largest absolute Gasteiger partial charge is 0.486 e. The number of halogens is 2. The predicted octanol–water partition coefficient (Wildman–Crippen LogP) is 4.30. The van der Waals surface area contributed by atoms with Gasteiger partial charge in [0.1, 0.15) is 23.9 Å². The molecule has 0 radical (unpaired) electrons. The van der Waals surface area contributed by atoms with E-state index < -0.39 is 11.7 Å². The monoisotopic (exact) mass is 471 g/mol. The van der Waals surface area contributed by atoms with Gasteiger partial charge in [-0.25, -0.2) is 4.39 Å². The fourth-order valence-electron chi connectivity index (χ4n) is 2.68. The fourth-order valence-corrected chi connectivity index (χ4v) is 3.06. The maximum atomic E-state index is 14.2. The molecule has 2 aromatic carbocycles. The lowest BCUT2D eigenvalue weighted by molar-refractivity contribution is 0.0992. The van der Waals surface area contributed by atoms with Crippen molar-refractivity contribution in [2.24, 2.45) is 0 Å². The second-order valence-corrected chi connectivity index (χ2v) is 7.18. The van der Waals surface area contributed by atoms with Gasteiger partial charge in [0.25, 0.3) is 5.91 Å². The minimum absolute atomic E-state index is 0.0178. The summed E-state index contributed by atoms with van der Waals surface area (Å²) in [6.07, 6.45) is 0. The highest BCUT2D eigenvalue weighted by Crippen LogP contribution is 2.22. The molecule has 0 saturated heterocycles. The van der Waals surface area contributed by atoms with E-state index in [2.05, 4.69) is 36.8 Å². The molecule has 4 aromatic rings. The van der Waals surface area contributed by atoms with Gasteiger partial charge in [-0.3, -0.25) is 4.79 Å². The number of nitrogens with zero attached hydrogens (tertiary/aromatic N) is 4. The van der Waals surface area contributed by atoms with E-state index in [1.54, 1.807) is 13.0 Å². The molecule has 152 valence electrons. The second kappa shape index (κ2) is 8.46. The predicted molar refractivity (Wildman–Crippen MR) is 109 cm³/mol. The molecule has 0 atom stereocenters. The third kappa shape index (κ3) is 4.38. The van der Waals surface area contributed by atoms with Crippen LogP contribution in [0.2, 0.25) is 0 Å². The van der Waals surface area contributed by atoms with E-state index in [9.17, 15) is 9.18 Å². The van der Waals surface area contributed by atoms with Crippen LogP contribution in [0.4, 0.5) is 10.1 Å². The van der Waals surface area contributed by atoms with E-state index in [-0.39, 0.29) is 18.1 Å². The third-order valence-corrected chi connectivity index (χ3v) is 4.62. The van der Waals surface area contributed by atoms with Gasteiger partial charge in [-0.1, -0.05) is 22.0 Å². The number of carbonyl (C=O) groups excluding carboxylic acids is 1. The number of hydrogen-bond donors (Lipinski definition) is 1. The smallest absolute Gasteiger partial charge is 0.291 e. The Bertz CT molecular complexity index is 1210. The number of aromatic nitrogens is 4. The van der Waals surface area contributed by atoms with Crippen molar-refractivity contribution in [2.45, 2.75) is 13.5 Å². The van der Waals surface area contributed by atoms with Gasteiger partial charge in [-0.15, -0.1) is 5.10 Å². The molecule has 0 fully saturated rings. The zero-order chi connectivity index (χ0) is 21.1. The number of anilines is 1. The average Bonchev–Trinajstić information content (AvgIpc) is 3.37. The quantitative estimate of drug-likeness (QED) is 0.450. The molecule has 0 spiro atoms. The molecule has 1 amide bonds. The molecule has 0 aliphatic carbocycles. The summed E-state index contributed by atoms with van der Waals surface area (Å²) < 4.78 is 27.7. The third-order valence-electron chi connectivity index (χ3n) is 4.13. The summed E-state index contributed by atoms with van der Waals surface area (Å²) in [5.74, 6) is 0.490. The summed E-state index contributed by atoms with van der Waals surface area (Å²) in [5.41, 5.74) is 0.493. The van der Waals surface area contributed by atoms with E-state index in [0.717, 1.165) is 4.47 Å². The van der Waals surface area contributed by atoms with Crippen molar-refractivity contribution in [3.05, 3.63) is 82.2 Å². The molecule has 2 aromatic heterocycles. The van der Waals surface area contributed by atoms with Crippen LogP contribution in [0.5, 0.6) is 5.75 Å². The van der Waals surface area contributed by atoms with Crippen LogP contribution in [0.15, 0.2) is 63.5 Å². The molecule has 1 N–H and O–H groups in total. The number of nitrogens with one attached hydrogen (secondary N) is 1. The number of amides is 1. The van der Waals surface area contributed by atoms with Crippen molar-refractivity contribution >= 4 is 27.5 Å². The summed E-state index contributed by atoms with van der Waals surface area (Å²) in [7, 11) is 0. The zero-order valence-electron chi connectivity index (χ0n) is 15.7. The molecule has 10 heteroatoms. The van der Waals surface area contributed by atoms with Gasteiger partial charge in [0.15, 0.2) is 11.6 Å². The molecule has 0 aliphatic heterocycles. The molecule has 0 bridgehead atoms. The van der Waals surface area contributed by atoms with Gasteiger partial charge in [0.2, 0.25) is 0 Å². The lowest BCUT2D eigenvalue weighted by atomic mass is 10.2. The normalized spacial score (nSPS) is 10.8. The summed E-state index contributed by atoms with van der Waals surface area (Å²) in [5, 5.41) is 13.7. The molecule has 0 unspecified atom stereocenters. The Hall–Kier alpha value is -3.53. The van der Waals surface area contributed by atoms with E-state index >= 15 is 0 Å². The second-order valence-electron chi connectivity index (χ2n) is 6.27. The molecule has 8 nitrogen and oxygen atoms in total. The highest BCUT2D eigenvalue weighted by molar-refractivity contribution is 9.10. The van der Waals surface area contributed by atoms with Crippen molar-refractivity contribution in [1.82, 2.24) is 20.2 Å². The number of benzene rings is 2. The highest BCUT2D eigenvalue weighted by atomic mass is 79.9. The first kappa shape index (κ1) is 19.8. The van der Waals surface area contributed by atoms with Crippen LogP contribution in [0.25, 0.3) is 5.69 Å². The van der Waals surface area contributed by atoms with Crippen molar-refractivity contribution < 1.29 is 18.3 Å². The van der Waals surface area contributed by atoms with Crippen molar-refractivity contribution in [2.75, 3.05) is 5.32 Å². The standard InChI is InChI=1S/C20H15BrFN5O3/c1-12-24-25-26-27(12)14-5-7-17(22)18(10-14)23-20(28)19-8-6-16(30-19)11-29-15-4-2-3-13(21)9-15/h2-10H,11H2,1H3,(H,23,28). The molecule has 2 heterocycles. The summed E-state index contributed by atoms with van der Waals surface area (Å²) in [6.45, 7) is 1.86. The maximum Gasteiger partial charge on any atom is 0.291 e. The minimum atomic E-state index is -0.595. The Morgan fingerprint density at radius 2 is 2.10 bits per heavy atom. The molecular formula is C20H15BrFN5O3. The van der Waals surface area contributed by atoms with Gasteiger partial charge in [-0.2, -0.15) is 4.68 Å². The maximum absolute atomic E-state index is 14.2. The Morgan fingerprint density at radius 1 is 1.23 bits per heavy atom. The first-order valence-electron chi connectivity index (χ1n) is 8.83. The number of carbonyl (C=O) groups is 1. The van der Waals surface area contributed by atoms with Gasteiger partial charge in [0, 0.05) is 4.47 Å². The van der Waals surface area contributed by atoms with Crippen molar-refractivity contribution in [1.29, 1.82) is 0 Å². The Morgan fingerprint density at radius 3 is 2.87 bits per heavy atom. The van der Waals surface area contributed by atoms with Gasteiger partial charge in [0.05, 0.1) is 11.4 Å². The SMILES string of the molecule is Cc1nnnn1-c1ccc(F)c(NC(=O)c2ccc(COc3cccc(Br)c3)o2)c1. The van der Waals surface area contributed by atoms with E-state index in [1.807, 2.05) is 24.3 Å². The highest BCUT2D eigenvalue weighted by Gasteiger charge is 2.15. The fraction of sp³-hybridized carbons (Fsp3) is 0.100. The van der Waals surface area contributed by atoms with E-state index in [0.29, 0.717) is 23.0 Å². The van der Waals surface area contributed by atoms with E-state index in [1.165, 1.54) is 28.9 Å². The Balaban J connectivity index is 1.45. The van der Waals surface area contributed by atoms with Crippen molar-refractivity contribution in [3.63, 3.8) is 0 Å².